The number of rotatable bonds is 7. The molecule has 0 radical (unpaired) electrons. The highest BCUT2D eigenvalue weighted by atomic mass is 16.5. The molecule has 1 amide bonds. The molecule has 0 saturated heterocycles. The largest absolute Gasteiger partial charge is 0.497 e. The van der Waals surface area contributed by atoms with Crippen molar-refractivity contribution >= 4 is 11.6 Å². The fourth-order valence-corrected chi connectivity index (χ4v) is 2.48. The Bertz CT molecular complexity index is 932. The van der Waals surface area contributed by atoms with Gasteiger partial charge in [0.05, 0.1) is 13.4 Å². The van der Waals surface area contributed by atoms with E-state index in [1.54, 1.807) is 55.8 Å². The molecule has 0 spiro atoms. The van der Waals surface area contributed by atoms with Crippen LogP contribution in [0.4, 0.5) is 5.69 Å². The zero-order valence-electron chi connectivity index (χ0n) is 14.3. The number of carbonyl (C=O) groups excluding carboxylic acids is 1. The minimum atomic E-state index is -0.214. The van der Waals surface area contributed by atoms with Crippen LogP contribution in [0.2, 0.25) is 0 Å². The second kappa shape index (κ2) is 8.15. The Labute approximate surface area is 150 Å². The minimum Gasteiger partial charge on any atom is -0.497 e. The minimum absolute atomic E-state index is 0.131. The number of aromatic nitrogens is 2. The summed E-state index contributed by atoms with van der Waals surface area (Å²) in [4.78, 5) is 24.0. The van der Waals surface area contributed by atoms with E-state index >= 15 is 0 Å². The Morgan fingerprint density at radius 2 is 2.12 bits per heavy atom. The van der Waals surface area contributed by atoms with Crippen molar-refractivity contribution in [1.29, 1.82) is 0 Å². The predicted octanol–water partition coefficient (Wildman–Crippen LogP) is 2.93. The number of hydrogen-bond acceptors (Lipinski definition) is 5. The Hall–Kier alpha value is -3.35. The molecule has 1 N–H and O–H groups in total. The van der Waals surface area contributed by atoms with E-state index < -0.39 is 0 Å². The molecule has 0 aliphatic carbocycles. The zero-order chi connectivity index (χ0) is 18.4. The number of anilines is 1. The normalized spacial score (nSPS) is 10.5. The van der Waals surface area contributed by atoms with Gasteiger partial charge in [0.25, 0.3) is 5.56 Å². The maximum absolute atomic E-state index is 12.1. The van der Waals surface area contributed by atoms with E-state index in [0.717, 1.165) is 0 Å². The van der Waals surface area contributed by atoms with E-state index in [4.69, 9.17) is 9.15 Å². The number of aryl methyl sites for hydroxylation is 1. The van der Waals surface area contributed by atoms with Crippen molar-refractivity contribution in [2.45, 2.75) is 19.4 Å². The van der Waals surface area contributed by atoms with Gasteiger partial charge in [0.1, 0.15) is 11.4 Å². The van der Waals surface area contributed by atoms with Crippen molar-refractivity contribution in [3.8, 4) is 17.2 Å². The molecule has 2 heterocycles. The molecule has 0 fully saturated rings. The lowest BCUT2D eigenvalue weighted by Crippen LogP contribution is -2.23. The second-order valence-electron chi connectivity index (χ2n) is 5.64. The lowest BCUT2D eigenvalue weighted by atomic mass is 10.2. The monoisotopic (exact) mass is 353 g/mol. The van der Waals surface area contributed by atoms with Crippen LogP contribution in [0.1, 0.15) is 12.8 Å². The van der Waals surface area contributed by atoms with Crippen LogP contribution < -0.4 is 15.6 Å². The van der Waals surface area contributed by atoms with E-state index in [1.807, 2.05) is 0 Å². The summed E-state index contributed by atoms with van der Waals surface area (Å²) >= 11 is 0. The molecule has 0 atom stereocenters. The lowest BCUT2D eigenvalue weighted by molar-refractivity contribution is -0.116. The molecular formula is C19H19N3O4. The number of methoxy groups -OCH3 is 1. The van der Waals surface area contributed by atoms with Crippen LogP contribution in [0.3, 0.4) is 0 Å². The Balaban J connectivity index is 1.56. The predicted molar refractivity (Wildman–Crippen MR) is 97.1 cm³/mol. The van der Waals surface area contributed by atoms with Gasteiger partial charge in [-0.25, -0.2) is 4.68 Å². The van der Waals surface area contributed by atoms with E-state index in [-0.39, 0.29) is 17.9 Å². The third-order valence-electron chi connectivity index (χ3n) is 3.77. The number of nitrogens with one attached hydrogen (secondary N) is 1. The number of benzene rings is 1. The summed E-state index contributed by atoms with van der Waals surface area (Å²) in [6, 6.07) is 13.7. The van der Waals surface area contributed by atoms with Crippen LogP contribution >= 0.6 is 0 Å². The molecule has 0 unspecified atom stereocenters. The van der Waals surface area contributed by atoms with Gasteiger partial charge < -0.3 is 14.5 Å². The van der Waals surface area contributed by atoms with Crippen molar-refractivity contribution in [3.63, 3.8) is 0 Å². The SMILES string of the molecule is COc1cccc(NC(=O)CCCn2nc(-c3ccco3)ccc2=O)c1. The molecule has 3 aromatic rings. The number of furan rings is 1. The Morgan fingerprint density at radius 1 is 1.23 bits per heavy atom. The van der Waals surface area contributed by atoms with Crippen LogP contribution in [0.25, 0.3) is 11.5 Å². The van der Waals surface area contributed by atoms with E-state index in [1.165, 1.54) is 10.7 Å². The van der Waals surface area contributed by atoms with Gasteiger partial charge >= 0.3 is 0 Å². The van der Waals surface area contributed by atoms with Crippen LogP contribution in [0.15, 0.2) is 64.0 Å². The summed E-state index contributed by atoms with van der Waals surface area (Å²) in [6.45, 7) is 0.346. The number of carbonyl (C=O) groups is 1. The number of amides is 1. The first-order chi connectivity index (χ1) is 12.7. The molecule has 26 heavy (non-hydrogen) atoms. The summed E-state index contributed by atoms with van der Waals surface area (Å²) in [6.07, 6.45) is 2.32. The molecule has 0 aliphatic rings. The molecule has 0 saturated carbocycles. The quantitative estimate of drug-likeness (QED) is 0.706. The van der Waals surface area contributed by atoms with Crippen molar-refractivity contribution in [3.05, 3.63) is 65.1 Å². The van der Waals surface area contributed by atoms with Crippen molar-refractivity contribution < 1.29 is 13.9 Å². The summed E-state index contributed by atoms with van der Waals surface area (Å²) in [5.74, 6) is 1.14. The maximum atomic E-state index is 12.1. The van der Waals surface area contributed by atoms with Gasteiger partial charge in [-0.15, -0.1) is 0 Å². The lowest BCUT2D eigenvalue weighted by Gasteiger charge is -2.08. The fourth-order valence-electron chi connectivity index (χ4n) is 2.48. The summed E-state index contributed by atoms with van der Waals surface area (Å²) in [5.41, 5.74) is 1.04. The van der Waals surface area contributed by atoms with E-state index in [9.17, 15) is 9.59 Å². The van der Waals surface area contributed by atoms with Crippen molar-refractivity contribution in [2.75, 3.05) is 12.4 Å². The average Bonchev–Trinajstić information content (AvgIpc) is 3.18. The fraction of sp³-hybridized carbons (Fsp3) is 0.211. The zero-order valence-corrected chi connectivity index (χ0v) is 14.3. The Kier molecular flexibility index (Phi) is 5.48. The summed E-state index contributed by atoms with van der Waals surface area (Å²) in [7, 11) is 1.57. The first kappa shape index (κ1) is 17.5. The van der Waals surface area contributed by atoms with Gasteiger partial charge in [-0.2, -0.15) is 5.10 Å². The first-order valence-electron chi connectivity index (χ1n) is 8.21. The average molecular weight is 353 g/mol. The highest BCUT2D eigenvalue weighted by Gasteiger charge is 2.07. The molecule has 7 heteroatoms. The van der Waals surface area contributed by atoms with Gasteiger partial charge in [-0.3, -0.25) is 9.59 Å². The standard InChI is InChI=1S/C19H19N3O4/c1-25-15-6-2-5-14(13-15)20-18(23)8-3-11-22-19(24)10-9-16(21-22)17-7-4-12-26-17/h2,4-7,9-10,12-13H,3,8,11H2,1H3,(H,20,23). The molecule has 0 aliphatic heterocycles. The highest BCUT2D eigenvalue weighted by molar-refractivity contribution is 5.90. The van der Waals surface area contributed by atoms with Gasteiger partial charge in [0, 0.05) is 30.8 Å². The van der Waals surface area contributed by atoms with Gasteiger partial charge in [0.15, 0.2) is 5.76 Å². The molecule has 134 valence electrons. The molecule has 3 rings (SSSR count). The molecule has 7 nitrogen and oxygen atoms in total. The van der Waals surface area contributed by atoms with Crippen LogP contribution in [0, 0.1) is 0 Å². The van der Waals surface area contributed by atoms with Crippen LogP contribution in [0.5, 0.6) is 5.75 Å². The highest BCUT2D eigenvalue weighted by Crippen LogP contribution is 2.17. The smallest absolute Gasteiger partial charge is 0.266 e. The number of nitrogens with zero attached hydrogens (tertiary/aromatic N) is 2. The van der Waals surface area contributed by atoms with Crippen LogP contribution in [-0.4, -0.2) is 22.8 Å². The van der Waals surface area contributed by atoms with Crippen molar-refractivity contribution in [2.24, 2.45) is 0 Å². The summed E-state index contributed by atoms with van der Waals surface area (Å²) in [5, 5.41) is 7.09. The molecule has 2 aromatic heterocycles. The van der Waals surface area contributed by atoms with Crippen LogP contribution in [-0.2, 0) is 11.3 Å². The topological polar surface area (TPSA) is 86.4 Å². The second-order valence-corrected chi connectivity index (χ2v) is 5.64. The number of ether oxygens (including phenoxy) is 1. The third-order valence-corrected chi connectivity index (χ3v) is 3.77. The first-order valence-corrected chi connectivity index (χ1v) is 8.21. The molecule has 0 bridgehead atoms. The Morgan fingerprint density at radius 3 is 2.88 bits per heavy atom. The van der Waals surface area contributed by atoms with Gasteiger partial charge in [-0.05, 0) is 36.8 Å². The van der Waals surface area contributed by atoms with Gasteiger partial charge in [-0.1, -0.05) is 6.07 Å². The van der Waals surface area contributed by atoms with Gasteiger partial charge in [0.2, 0.25) is 5.91 Å². The molecule has 1 aromatic carbocycles. The number of hydrogen-bond donors (Lipinski definition) is 1. The van der Waals surface area contributed by atoms with E-state index in [2.05, 4.69) is 10.4 Å². The molecular weight excluding hydrogens is 334 g/mol. The van der Waals surface area contributed by atoms with E-state index in [0.29, 0.717) is 35.9 Å². The van der Waals surface area contributed by atoms with Crippen molar-refractivity contribution in [1.82, 2.24) is 9.78 Å². The maximum Gasteiger partial charge on any atom is 0.266 e. The third kappa shape index (κ3) is 4.38. The summed E-state index contributed by atoms with van der Waals surface area (Å²) < 4.78 is 11.8.